The van der Waals surface area contributed by atoms with E-state index >= 15 is 0 Å². The first-order valence-corrected chi connectivity index (χ1v) is 9.63. The third kappa shape index (κ3) is 3.98. The Morgan fingerprint density at radius 1 is 1.28 bits per heavy atom. The van der Waals surface area contributed by atoms with Gasteiger partial charge in [-0.1, -0.05) is 18.2 Å². The Kier molecular flexibility index (Phi) is 4.95. The van der Waals surface area contributed by atoms with Gasteiger partial charge in [-0.25, -0.2) is 0 Å². The second-order valence-corrected chi connectivity index (χ2v) is 7.70. The van der Waals surface area contributed by atoms with Crippen LogP contribution in [-0.2, 0) is 4.79 Å². The van der Waals surface area contributed by atoms with Crippen molar-refractivity contribution in [2.24, 2.45) is 11.8 Å². The highest BCUT2D eigenvalue weighted by Gasteiger charge is 2.42. The zero-order valence-corrected chi connectivity index (χ0v) is 15.0. The van der Waals surface area contributed by atoms with Crippen LogP contribution in [0.3, 0.4) is 0 Å². The summed E-state index contributed by atoms with van der Waals surface area (Å²) < 4.78 is 5.54. The number of carbonyl (C=O) groups is 1. The molecule has 4 rings (SSSR count). The number of piperazine rings is 1. The van der Waals surface area contributed by atoms with Crippen LogP contribution in [0, 0.1) is 11.8 Å². The summed E-state index contributed by atoms with van der Waals surface area (Å²) in [7, 11) is 1.71. The smallest absolute Gasteiger partial charge is 0.234 e. The van der Waals surface area contributed by atoms with Crippen LogP contribution in [0.4, 0.5) is 0 Å². The lowest BCUT2D eigenvalue weighted by molar-refractivity contribution is -0.124. The standard InChI is InChI=1S/C20H29N3O2/c1-25-18-5-3-2-4-16(18)17-12-21-10-11-23(17)13-19(24)22-20(14-6-7-14)15-8-9-15/h2-5,14-15,17,20-21H,6-13H2,1H3,(H,22,24). The van der Waals surface area contributed by atoms with Gasteiger partial charge in [-0.15, -0.1) is 0 Å². The van der Waals surface area contributed by atoms with Gasteiger partial charge in [-0.3, -0.25) is 9.69 Å². The van der Waals surface area contributed by atoms with Gasteiger partial charge >= 0.3 is 0 Å². The van der Waals surface area contributed by atoms with Crippen LogP contribution in [0.25, 0.3) is 0 Å². The van der Waals surface area contributed by atoms with Gasteiger partial charge in [0.2, 0.25) is 5.91 Å². The van der Waals surface area contributed by atoms with E-state index in [-0.39, 0.29) is 11.9 Å². The van der Waals surface area contributed by atoms with Crippen molar-refractivity contribution >= 4 is 5.91 Å². The molecule has 136 valence electrons. The van der Waals surface area contributed by atoms with Crippen molar-refractivity contribution in [3.63, 3.8) is 0 Å². The third-order valence-corrected chi connectivity index (χ3v) is 5.79. The van der Waals surface area contributed by atoms with Crippen LogP contribution >= 0.6 is 0 Å². The van der Waals surface area contributed by atoms with Gasteiger partial charge in [0.1, 0.15) is 5.75 Å². The van der Waals surface area contributed by atoms with E-state index in [1.54, 1.807) is 7.11 Å². The lowest BCUT2D eigenvalue weighted by Crippen LogP contribution is -2.51. The zero-order valence-electron chi connectivity index (χ0n) is 15.0. The molecule has 5 nitrogen and oxygen atoms in total. The van der Waals surface area contributed by atoms with E-state index in [1.165, 1.54) is 25.7 Å². The number of hydrogen-bond acceptors (Lipinski definition) is 4. The minimum Gasteiger partial charge on any atom is -0.496 e. The topological polar surface area (TPSA) is 53.6 Å². The molecule has 3 fully saturated rings. The number of para-hydroxylation sites is 1. The van der Waals surface area contributed by atoms with Gasteiger partial charge in [-0.05, 0) is 43.6 Å². The van der Waals surface area contributed by atoms with Gasteiger partial charge in [0.05, 0.1) is 19.7 Å². The Morgan fingerprint density at radius 2 is 2.00 bits per heavy atom. The van der Waals surface area contributed by atoms with Crippen molar-refractivity contribution in [3.05, 3.63) is 29.8 Å². The summed E-state index contributed by atoms with van der Waals surface area (Å²) in [6.07, 6.45) is 5.16. The zero-order chi connectivity index (χ0) is 17.2. The average molecular weight is 343 g/mol. The quantitative estimate of drug-likeness (QED) is 0.795. The highest BCUT2D eigenvalue weighted by Crippen LogP contribution is 2.44. The predicted molar refractivity (Wildman–Crippen MR) is 97.6 cm³/mol. The van der Waals surface area contributed by atoms with Crippen LogP contribution in [0.5, 0.6) is 5.75 Å². The molecular formula is C20H29N3O2. The van der Waals surface area contributed by atoms with E-state index in [0.717, 1.165) is 42.8 Å². The fraction of sp³-hybridized carbons (Fsp3) is 0.650. The van der Waals surface area contributed by atoms with Crippen LogP contribution in [-0.4, -0.2) is 50.1 Å². The molecular weight excluding hydrogens is 314 g/mol. The van der Waals surface area contributed by atoms with E-state index < -0.39 is 0 Å². The summed E-state index contributed by atoms with van der Waals surface area (Å²) in [6, 6.07) is 8.75. The third-order valence-electron chi connectivity index (χ3n) is 5.79. The molecule has 1 atom stereocenters. The molecule has 1 amide bonds. The molecule has 2 N–H and O–H groups in total. The summed E-state index contributed by atoms with van der Waals surface area (Å²) in [4.78, 5) is 15.0. The molecule has 0 bridgehead atoms. The van der Waals surface area contributed by atoms with Crippen molar-refractivity contribution < 1.29 is 9.53 Å². The Bertz CT molecular complexity index is 601. The fourth-order valence-electron chi connectivity index (χ4n) is 4.13. The molecule has 1 aliphatic heterocycles. The number of amides is 1. The van der Waals surface area contributed by atoms with E-state index in [2.05, 4.69) is 21.6 Å². The van der Waals surface area contributed by atoms with Crippen LogP contribution < -0.4 is 15.4 Å². The number of rotatable bonds is 7. The molecule has 1 saturated heterocycles. The van der Waals surface area contributed by atoms with E-state index in [4.69, 9.17) is 4.74 Å². The highest BCUT2D eigenvalue weighted by molar-refractivity contribution is 5.78. The van der Waals surface area contributed by atoms with Gasteiger partial charge in [0.15, 0.2) is 0 Å². The van der Waals surface area contributed by atoms with Gasteiger partial charge in [-0.2, -0.15) is 0 Å². The molecule has 5 heteroatoms. The molecule has 1 aromatic carbocycles. The lowest BCUT2D eigenvalue weighted by Gasteiger charge is -2.36. The van der Waals surface area contributed by atoms with E-state index in [0.29, 0.717) is 12.6 Å². The number of methoxy groups -OCH3 is 1. The second-order valence-electron chi connectivity index (χ2n) is 7.70. The maximum Gasteiger partial charge on any atom is 0.234 e. The van der Waals surface area contributed by atoms with Crippen molar-refractivity contribution in [2.75, 3.05) is 33.3 Å². The number of ether oxygens (including phenoxy) is 1. The lowest BCUT2D eigenvalue weighted by atomic mass is 10.0. The number of hydrogen-bond donors (Lipinski definition) is 2. The van der Waals surface area contributed by atoms with Gasteiger partial charge in [0, 0.05) is 31.2 Å². The Labute approximate surface area is 150 Å². The molecule has 3 aliphatic rings. The summed E-state index contributed by atoms with van der Waals surface area (Å²) in [5.74, 6) is 2.56. The SMILES string of the molecule is COc1ccccc1C1CNCCN1CC(=O)NC(C1CC1)C1CC1. The van der Waals surface area contributed by atoms with Gasteiger partial charge < -0.3 is 15.4 Å². The molecule has 0 radical (unpaired) electrons. The summed E-state index contributed by atoms with van der Waals surface area (Å²) >= 11 is 0. The molecule has 1 heterocycles. The minimum absolute atomic E-state index is 0.177. The highest BCUT2D eigenvalue weighted by atomic mass is 16.5. The van der Waals surface area contributed by atoms with Crippen molar-refractivity contribution in [1.29, 1.82) is 0 Å². The largest absolute Gasteiger partial charge is 0.496 e. The van der Waals surface area contributed by atoms with E-state index in [1.807, 2.05) is 18.2 Å². The number of carbonyl (C=O) groups excluding carboxylic acids is 1. The normalized spacial score (nSPS) is 24.3. The number of nitrogens with one attached hydrogen (secondary N) is 2. The number of benzene rings is 1. The monoisotopic (exact) mass is 343 g/mol. The molecule has 1 unspecified atom stereocenters. The molecule has 25 heavy (non-hydrogen) atoms. The predicted octanol–water partition coefficient (Wildman–Crippen LogP) is 1.95. The molecule has 2 saturated carbocycles. The fourth-order valence-corrected chi connectivity index (χ4v) is 4.13. The van der Waals surface area contributed by atoms with E-state index in [9.17, 15) is 4.79 Å². The number of nitrogens with zero attached hydrogens (tertiary/aromatic N) is 1. The maximum atomic E-state index is 12.7. The Balaban J connectivity index is 1.42. The van der Waals surface area contributed by atoms with Crippen LogP contribution in [0.2, 0.25) is 0 Å². The first-order valence-electron chi connectivity index (χ1n) is 9.63. The summed E-state index contributed by atoms with van der Waals surface area (Å²) in [6.45, 7) is 3.13. The molecule has 0 aromatic heterocycles. The summed E-state index contributed by atoms with van der Waals surface area (Å²) in [5.41, 5.74) is 1.16. The average Bonchev–Trinajstić information content (AvgIpc) is 3.54. The minimum atomic E-state index is 0.177. The first kappa shape index (κ1) is 16.9. The second kappa shape index (κ2) is 7.34. The molecule has 2 aliphatic carbocycles. The van der Waals surface area contributed by atoms with Crippen molar-refractivity contribution in [1.82, 2.24) is 15.5 Å². The Morgan fingerprint density at radius 3 is 2.68 bits per heavy atom. The van der Waals surface area contributed by atoms with Crippen LogP contribution in [0.1, 0.15) is 37.3 Å². The molecule has 0 spiro atoms. The first-order chi connectivity index (χ1) is 12.3. The molecule has 1 aromatic rings. The van der Waals surface area contributed by atoms with Crippen LogP contribution in [0.15, 0.2) is 24.3 Å². The maximum absolute atomic E-state index is 12.7. The van der Waals surface area contributed by atoms with Crippen molar-refractivity contribution in [2.45, 2.75) is 37.8 Å². The van der Waals surface area contributed by atoms with Crippen molar-refractivity contribution in [3.8, 4) is 5.75 Å². The van der Waals surface area contributed by atoms with Gasteiger partial charge in [0.25, 0.3) is 0 Å². The summed E-state index contributed by atoms with van der Waals surface area (Å²) in [5, 5.41) is 6.81. The Hall–Kier alpha value is -1.59.